The summed E-state index contributed by atoms with van der Waals surface area (Å²) in [6.45, 7) is 7.65. The van der Waals surface area contributed by atoms with Gasteiger partial charge in [0, 0.05) is 0 Å². The number of nitrogens with two attached hydrogens (primary N) is 1. The number of imidazole rings is 1. The average molecular weight is 558 g/mol. The van der Waals surface area contributed by atoms with Gasteiger partial charge < -0.3 is 34.1 Å². The van der Waals surface area contributed by atoms with Gasteiger partial charge in [-0.3, -0.25) is 18.7 Å². The summed E-state index contributed by atoms with van der Waals surface area (Å²) in [7, 11) is -2.48. The number of methoxy groups -OCH3 is 1. The lowest BCUT2D eigenvalue weighted by atomic mass is 9.90. The summed E-state index contributed by atoms with van der Waals surface area (Å²) in [5.74, 6) is -1.28. The van der Waals surface area contributed by atoms with Crippen LogP contribution in [0.3, 0.4) is 0 Å². The number of aromatic nitrogens is 4. The fourth-order valence-corrected chi connectivity index (χ4v) is 4.48. The van der Waals surface area contributed by atoms with E-state index in [9.17, 15) is 19.3 Å². The lowest BCUT2D eigenvalue weighted by Crippen LogP contribution is -2.26. The predicted octanol–water partition coefficient (Wildman–Crippen LogP) is 3.20. The van der Waals surface area contributed by atoms with Crippen molar-refractivity contribution in [3.8, 4) is 5.88 Å². The van der Waals surface area contributed by atoms with Gasteiger partial charge in [0.05, 0.1) is 43.0 Å². The van der Waals surface area contributed by atoms with Crippen molar-refractivity contribution in [2.45, 2.75) is 66.0 Å². The first kappa shape index (κ1) is 29.8. The van der Waals surface area contributed by atoms with Crippen LogP contribution in [0.1, 0.15) is 53.9 Å². The molecule has 1 fully saturated rings. The van der Waals surface area contributed by atoms with Crippen LogP contribution in [0.4, 0.5) is 5.95 Å². The Kier molecular flexibility index (Phi) is 8.71. The molecular formula is C23H36N5O9P. The first-order chi connectivity index (χ1) is 17.6. The molecule has 1 atom stereocenters. The summed E-state index contributed by atoms with van der Waals surface area (Å²) in [4.78, 5) is 36.1. The highest BCUT2D eigenvalue weighted by atomic mass is 31.2. The summed E-state index contributed by atoms with van der Waals surface area (Å²) >= 11 is 0. The van der Waals surface area contributed by atoms with Gasteiger partial charge in [-0.1, -0.05) is 0 Å². The molecule has 0 amide bonds. The van der Waals surface area contributed by atoms with Gasteiger partial charge in [-0.2, -0.15) is 9.97 Å². The zero-order valence-corrected chi connectivity index (χ0v) is 23.4. The molecule has 3 N–H and O–H groups in total. The van der Waals surface area contributed by atoms with Gasteiger partial charge >= 0.3 is 19.5 Å². The summed E-state index contributed by atoms with van der Waals surface area (Å²) in [5, 5.41) is 9.35. The molecule has 3 rings (SSSR count). The number of carbonyl (C=O) groups excluding carboxylic acids is 1. The number of rotatable bonds is 14. The smallest absolute Gasteiger partial charge is 0.359 e. The number of nitrogen functional groups attached to an aromatic ring is 1. The van der Waals surface area contributed by atoms with E-state index < -0.39 is 49.1 Å². The number of hydrogen-bond donors (Lipinski definition) is 2. The van der Waals surface area contributed by atoms with Crippen LogP contribution in [0.2, 0.25) is 0 Å². The van der Waals surface area contributed by atoms with Crippen LogP contribution < -0.4 is 10.5 Å². The third-order valence-corrected chi connectivity index (χ3v) is 7.60. The maximum absolute atomic E-state index is 13.5. The van der Waals surface area contributed by atoms with E-state index in [1.54, 1.807) is 31.7 Å². The third kappa shape index (κ3) is 7.40. The van der Waals surface area contributed by atoms with Crippen molar-refractivity contribution < 1.29 is 42.5 Å². The molecule has 2 aromatic rings. The van der Waals surface area contributed by atoms with Crippen molar-refractivity contribution in [1.82, 2.24) is 19.5 Å². The molecule has 0 bridgehead atoms. The molecule has 2 aromatic heterocycles. The predicted molar refractivity (Wildman–Crippen MR) is 135 cm³/mol. The highest BCUT2D eigenvalue weighted by Gasteiger charge is 2.47. The summed E-state index contributed by atoms with van der Waals surface area (Å²) in [6, 6.07) is 0. The Hall–Kier alpha value is -2.80. The van der Waals surface area contributed by atoms with Gasteiger partial charge in [0.15, 0.2) is 11.2 Å². The lowest BCUT2D eigenvalue weighted by Gasteiger charge is -2.25. The van der Waals surface area contributed by atoms with Gasteiger partial charge in [-0.25, -0.2) is 4.98 Å². The zero-order chi connectivity index (χ0) is 28.4. The van der Waals surface area contributed by atoms with Crippen LogP contribution in [0.25, 0.3) is 11.2 Å². The number of ether oxygens (including phenoxy) is 3. The van der Waals surface area contributed by atoms with Gasteiger partial charge in [-0.15, -0.1) is 0 Å². The van der Waals surface area contributed by atoms with E-state index in [0.29, 0.717) is 30.6 Å². The quantitative estimate of drug-likeness (QED) is 0.196. The monoisotopic (exact) mass is 557 g/mol. The molecule has 1 unspecified atom stereocenters. The molecule has 1 saturated carbocycles. The van der Waals surface area contributed by atoms with E-state index in [2.05, 4.69) is 15.0 Å². The molecule has 0 aromatic carbocycles. The van der Waals surface area contributed by atoms with E-state index in [0.717, 1.165) is 0 Å². The number of esters is 1. The molecular weight excluding hydrogens is 521 g/mol. The number of carboxylic acid groups (broad SMARTS) is 1. The first-order valence-electron chi connectivity index (χ1n) is 12.0. The van der Waals surface area contributed by atoms with E-state index in [1.165, 1.54) is 21.0 Å². The van der Waals surface area contributed by atoms with Crippen molar-refractivity contribution in [2.75, 3.05) is 32.6 Å². The van der Waals surface area contributed by atoms with Crippen LogP contribution in [0.15, 0.2) is 6.33 Å². The van der Waals surface area contributed by atoms with Crippen LogP contribution >= 0.6 is 7.60 Å². The fraction of sp³-hybridized carbons (Fsp3) is 0.696. The Morgan fingerprint density at radius 1 is 1.18 bits per heavy atom. The fourth-order valence-electron chi connectivity index (χ4n) is 3.24. The van der Waals surface area contributed by atoms with Gasteiger partial charge in [0.1, 0.15) is 6.35 Å². The molecule has 14 nitrogen and oxygen atoms in total. The second-order valence-corrected chi connectivity index (χ2v) is 12.9. The van der Waals surface area contributed by atoms with E-state index in [4.69, 9.17) is 29.0 Å². The molecule has 0 radical (unpaired) electrons. The minimum atomic E-state index is -3.94. The van der Waals surface area contributed by atoms with Crippen LogP contribution in [-0.4, -0.2) is 69.0 Å². The molecule has 0 saturated heterocycles. The Bertz CT molecular complexity index is 1220. The molecule has 212 valence electrons. The number of carbonyl (C=O) groups is 2. The summed E-state index contributed by atoms with van der Waals surface area (Å²) in [6.07, 6.45) is 2.54. The molecule has 1 aliphatic rings. The van der Waals surface area contributed by atoms with Crippen molar-refractivity contribution in [1.29, 1.82) is 0 Å². The first-order valence-corrected chi connectivity index (χ1v) is 13.8. The van der Waals surface area contributed by atoms with Crippen molar-refractivity contribution >= 4 is 36.6 Å². The second kappa shape index (κ2) is 11.1. The topological polar surface area (TPSA) is 187 Å². The Morgan fingerprint density at radius 2 is 1.87 bits per heavy atom. The maximum Gasteiger partial charge on any atom is 0.359 e. The minimum absolute atomic E-state index is 0.0299. The number of nitrogens with zero attached hydrogens (tertiary/aromatic N) is 4. The Labute approximate surface area is 220 Å². The highest BCUT2D eigenvalue weighted by Crippen LogP contribution is 2.52. The zero-order valence-electron chi connectivity index (χ0n) is 22.6. The molecule has 2 heterocycles. The summed E-state index contributed by atoms with van der Waals surface area (Å²) in [5.41, 5.74) is 4.13. The normalized spacial score (nSPS) is 16.7. The third-order valence-electron chi connectivity index (χ3n) is 6.08. The van der Waals surface area contributed by atoms with Gasteiger partial charge in [0.25, 0.3) is 0 Å². The largest absolute Gasteiger partial charge is 0.481 e. The number of carboxylic acids is 1. The minimum Gasteiger partial charge on any atom is -0.481 e. The van der Waals surface area contributed by atoms with E-state index in [-0.39, 0.29) is 24.9 Å². The Morgan fingerprint density at radius 3 is 2.45 bits per heavy atom. The van der Waals surface area contributed by atoms with Crippen LogP contribution in [0.5, 0.6) is 5.88 Å². The number of aliphatic carboxylic acids is 1. The van der Waals surface area contributed by atoms with Crippen LogP contribution in [-0.2, 0) is 39.2 Å². The Balaban J connectivity index is 1.69. The maximum atomic E-state index is 13.5. The SMILES string of the molecule is COc1nc(N)nc2c1ncn2CC1(OCP(=O)(OCCC(C)(C)C(=O)O)OCOC(=O)C(C)(C)C)CC1. The molecule has 0 spiro atoms. The van der Waals surface area contributed by atoms with Crippen molar-refractivity contribution in [3.63, 3.8) is 0 Å². The summed E-state index contributed by atoms with van der Waals surface area (Å²) < 4.78 is 42.6. The number of anilines is 1. The van der Waals surface area contributed by atoms with Crippen molar-refractivity contribution in [2.24, 2.45) is 10.8 Å². The molecule has 38 heavy (non-hydrogen) atoms. The number of fused-ring (bicyclic) bond motifs is 1. The molecule has 0 aliphatic heterocycles. The molecule has 1 aliphatic carbocycles. The second-order valence-electron chi connectivity index (χ2n) is 10.9. The molecule has 15 heteroatoms. The van der Waals surface area contributed by atoms with E-state index >= 15 is 0 Å². The average Bonchev–Trinajstić information content (AvgIpc) is 3.48. The van der Waals surface area contributed by atoms with E-state index in [1.807, 2.05) is 0 Å². The standard InChI is InChI=1S/C23H36N5O9P/c1-21(2,3)19(31)34-13-37-38(32,36-10-9-22(4,5)18(29)30)14-35-23(7-8-23)11-28-12-25-15-16(28)26-20(24)27-17(15)33-6/h12H,7-11,13-14H2,1-6H3,(H,29,30)(H2,24,26,27). The highest BCUT2D eigenvalue weighted by molar-refractivity contribution is 7.53. The number of hydrogen-bond acceptors (Lipinski definition) is 12. The van der Waals surface area contributed by atoms with Crippen LogP contribution in [0, 0.1) is 10.8 Å². The van der Waals surface area contributed by atoms with Gasteiger partial charge in [0.2, 0.25) is 18.6 Å². The van der Waals surface area contributed by atoms with Gasteiger partial charge in [-0.05, 0) is 53.9 Å². The lowest BCUT2D eigenvalue weighted by molar-refractivity contribution is -0.160. The van der Waals surface area contributed by atoms with Crippen molar-refractivity contribution in [3.05, 3.63) is 6.33 Å².